The molecule has 0 bridgehead atoms. The fourth-order valence-electron chi connectivity index (χ4n) is 3.08. The lowest BCUT2D eigenvalue weighted by molar-refractivity contribution is 0.143. The lowest BCUT2D eigenvalue weighted by atomic mass is 9.80. The summed E-state index contributed by atoms with van der Waals surface area (Å²) in [6, 6.07) is 0. The molecule has 1 saturated heterocycles. The molecule has 4 heteroatoms. The summed E-state index contributed by atoms with van der Waals surface area (Å²) in [7, 11) is 0. The second-order valence-corrected chi connectivity index (χ2v) is 5.67. The minimum Gasteiger partial charge on any atom is -0.391 e. The van der Waals surface area contributed by atoms with E-state index >= 15 is 0 Å². The topological polar surface area (TPSA) is 44.3 Å². The van der Waals surface area contributed by atoms with E-state index in [1.165, 1.54) is 25.7 Å². The Morgan fingerprint density at radius 2 is 1.82 bits per heavy atom. The zero-order valence-electron chi connectivity index (χ0n) is 10.8. The van der Waals surface area contributed by atoms with Gasteiger partial charge in [0, 0.05) is 25.6 Å². The van der Waals surface area contributed by atoms with E-state index in [-0.39, 0.29) is 18.5 Å². The van der Waals surface area contributed by atoms with Crippen LogP contribution in [0.3, 0.4) is 0 Å². The number of nitrogens with one attached hydrogen (secondary N) is 2. The van der Waals surface area contributed by atoms with Crippen LogP contribution in [-0.4, -0.2) is 37.4 Å². The van der Waals surface area contributed by atoms with Gasteiger partial charge in [-0.2, -0.15) is 0 Å². The van der Waals surface area contributed by atoms with Crippen LogP contribution in [0, 0.1) is 17.8 Å². The summed E-state index contributed by atoms with van der Waals surface area (Å²) >= 11 is 0. The fraction of sp³-hybridized carbons (Fsp3) is 1.00. The van der Waals surface area contributed by atoms with Crippen LogP contribution in [0.15, 0.2) is 0 Å². The first kappa shape index (κ1) is 15.2. The van der Waals surface area contributed by atoms with Crippen LogP contribution in [-0.2, 0) is 0 Å². The van der Waals surface area contributed by atoms with Gasteiger partial charge in [0.15, 0.2) is 0 Å². The highest BCUT2D eigenvalue weighted by molar-refractivity contribution is 5.85. The van der Waals surface area contributed by atoms with Crippen LogP contribution >= 0.6 is 12.4 Å². The second kappa shape index (κ2) is 7.57. The van der Waals surface area contributed by atoms with Gasteiger partial charge in [0.25, 0.3) is 0 Å². The molecule has 4 unspecified atom stereocenters. The maximum Gasteiger partial charge on any atom is 0.0716 e. The van der Waals surface area contributed by atoms with Gasteiger partial charge in [0.2, 0.25) is 0 Å². The summed E-state index contributed by atoms with van der Waals surface area (Å²) in [4.78, 5) is 0. The number of β-amino-alcohol motifs (C(OH)–C–C–N with tert-alkyl or cyclic N) is 1. The Morgan fingerprint density at radius 1 is 1.12 bits per heavy atom. The molecule has 0 aromatic carbocycles. The quantitative estimate of drug-likeness (QED) is 0.718. The molecule has 4 atom stereocenters. The summed E-state index contributed by atoms with van der Waals surface area (Å²) in [6.45, 7) is 6.24. The summed E-state index contributed by atoms with van der Waals surface area (Å²) in [5, 5.41) is 16.5. The van der Waals surface area contributed by atoms with E-state index in [9.17, 15) is 5.11 Å². The zero-order chi connectivity index (χ0) is 11.4. The molecule has 1 aliphatic carbocycles. The Labute approximate surface area is 111 Å². The van der Waals surface area contributed by atoms with E-state index in [1.807, 2.05) is 0 Å². The van der Waals surface area contributed by atoms with Crippen molar-refractivity contribution in [3.63, 3.8) is 0 Å². The van der Waals surface area contributed by atoms with Gasteiger partial charge in [-0.05, 0) is 24.8 Å². The lowest BCUT2D eigenvalue weighted by Crippen LogP contribution is -2.35. The Kier molecular flexibility index (Phi) is 6.78. The van der Waals surface area contributed by atoms with Gasteiger partial charge in [-0.15, -0.1) is 12.4 Å². The standard InChI is InChI=1S/C13H26N2O.ClH/c1-10-4-2-3-5-11(10)6-14-7-12-8-15-9-13(12)16;/h10-16H,2-9H2,1H3;1H. The van der Waals surface area contributed by atoms with Crippen molar-refractivity contribution in [2.75, 3.05) is 26.2 Å². The molecule has 0 radical (unpaired) electrons. The molecule has 0 aromatic heterocycles. The summed E-state index contributed by atoms with van der Waals surface area (Å²) < 4.78 is 0. The number of aliphatic hydroxyl groups excluding tert-OH is 1. The van der Waals surface area contributed by atoms with Gasteiger partial charge in [0.1, 0.15) is 0 Å². The molecule has 17 heavy (non-hydrogen) atoms. The van der Waals surface area contributed by atoms with E-state index in [4.69, 9.17) is 0 Å². The van der Waals surface area contributed by atoms with E-state index in [0.29, 0.717) is 5.92 Å². The summed E-state index contributed by atoms with van der Waals surface area (Å²) in [5.41, 5.74) is 0. The second-order valence-electron chi connectivity index (χ2n) is 5.67. The van der Waals surface area contributed by atoms with Crippen molar-refractivity contribution in [1.82, 2.24) is 10.6 Å². The minimum absolute atomic E-state index is 0. The first-order valence-electron chi connectivity index (χ1n) is 6.87. The molecule has 2 fully saturated rings. The van der Waals surface area contributed by atoms with Gasteiger partial charge in [-0.1, -0.05) is 26.2 Å². The summed E-state index contributed by atoms with van der Waals surface area (Å²) in [5.74, 6) is 2.16. The third kappa shape index (κ3) is 4.40. The average molecular weight is 263 g/mol. The first-order valence-corrected chi connectivity index (χ1v) is 6.87. The maximum atomic E-state index is 9.68. The molecule has 1 heterocycles. The number of hydrogen-bond acceptors (Lipinski definition) is 3. The predicted molar refractivity (Wildman–Crippen MR) is 73.6 cm³/mol. The largest absolute Gasteiger partial charge is 0.391 e. The first-order chi connectivity index (χ1) is 7.77. The van der Waals surface area contributed by atoms with Crippen molar-refractivity contribution in [1.29, 1.82) is 0 Å². The molecule has 1 aliphatic heterocycles. The van der Waals surface area contributed by atoms with Gasteiger partial charge >= 0.3 is 0 Å². The van der Waals surface area contributed by atoms with Gasteiger partial charge in [-0.3, -0.25) is 0 Å². The van der Waals surface area contributed by atoms with Crippen LogP contribution in [0.2, 0.25) is 0 Å². The van der Waals surface area contributed by atoms with Crippen LogP contribution in [0.4, 0.5) is 0 Å². The monoisotopic (exact) mass is 262 g/mol. The van der Waals surface area contributed by atoms with Crippen molar-refractivity contribution in [3.8, 4) is 0 Å². The normalized spacial score (nSPS) is 37.8. The van der Waals surface area contributed by atoms with Crippen molar-refractivity contribution in [2.45, 2.75) is 38.7 Å². The fourth-order valence-corrected chi connectivity index (χ4v) is 3.08. The molecule has 2 rings (SSSR count). The van der Waals surface area contributed by atoms with Crippen molar-refractivity contribution >= 4 is 12.4 Å². The smallest absolute Gasteiger partial charge is 0.0716 e. The minimum atomic E-state index is -0.142. The Balaban J connectivity index is 0.00000144. The van der Waals surface area contributed by atoms with E-state index in [1.54, 1.807) is 0 Å². The zero-order valence-corrected chi connectivity index (χ0v) is 11.6. The van der Waals surface area contributed by atoms with Crippen molar-refractivity contribution < 1.29 is 5.11 Å². The Hall–Kier alpha value is 0.170. The number of rotatable bonds is 4. The van der Waals surface area contributed by atoms with E-state index < -0.39 is 0 Å². The third-order valence-corrected chi connectivity index (χ3v) is 4.41. The number of hydrogen-bond donors (Lipinski definition) is 3. The molecule has 0 aromatic rings. The average Bonchev–Trinajstić information content (AvgIpc) is 2.67. The van der Waals surface area contributed by atoms with Crippen LogP contribution < -0.4 is 10.6 Å². The van der Waals surface area contributed by atoms with Crippen molar-refractivity contribution in [2.24, 2.45) is 17.8 Å². The van der Waals surface area contributed by atoms with Crippen LogP contribution in [0.25, 0.3) is 0 Å². The molecule has 3 nitrogen and oxygen atoms in total. The molecule has 3 N–H and O–H groups in total. The number of halogens is 1. The van der Waals surface area contributed by atoms with E-state index in [0.717, 1.165) is 38.0 Å². The molecule has 0 amide bonds. The molecular formula is C13H27ClN2O. The Morgan fingerprint density at radius 3 is 2.47 bits per heavy atom. The predicted octanol–water partition coefficient (Wildman–Crippen LogP) is 1.40. The van der Waals surface area contributed by atoms with Gasteiger partial charge < -0.3 is 15.7 Å². The highest BCUT2D eigenvalue weighted by Crippen LogP contribution is 2.28. The van der Waals surface area contributed by atoms with Crippen LogP contribution in [0.5, 0.6) is 0 Å². The highest BCUT2D eigenvalue weighted by atomic mass is 35.5. The van der Waals surface area contributed by atoms with Gasteiger partial charge in [0.05, 0.1) is 6.10 Å². The molecule has 1 saturated carbocycles. The van der Waals surface area contributed by atoms with Crippen LogP contribution in [0.1, 0.15) is 32.6 Å². The lowest BCUT2D eigenvalue weighted by Gasteiger charge is -2.29. The maximum absolute atomic E-state index is 9.68. The van der Waals surface area contributed by atoms with Crippen molar-refractivity contribution in [3.05, 3.63) is 0 Å². The molecule has 102 valence electrons. The summed E-state index contributed by atoms with van der Waals surface area (Å²) in [6.07, 6.45) is 5.48. The molecule has 0 spiro atoms. The molecule has 2 aliphatic rings. The Bertz CT molecular complexity index is 216. The highest BCUT2D eigenvalue weighted by Gasteiger charge is 2.25. The number of aliphatic hydroxyl groups is 1. The third-order valence-electron chi connectivity index (χ3n) is 4.41. The molecular weight excluding hydrogens is 236 g/mol. The SMILES string of the molecule is CC1CCCCC1CNCC1CNCC1O.Cl. The van der Waals surface area contributed by atoms with E-state index in [2.05, 4.69) is 17.6 Å². The van der Waals surface area contributed by atoms with Gasteiger partial charge in [-0.25, -0.2) is 0 Å².